The van der Waals surface area contributed by atoms with Crippen molar-refractivity contribution in [2.24, 2.45) is 11.8 Å². The molecule has 1 saturated carbocycles. The second-order valence-corrected chi connectivity index (χ2v) is 8.67. The molecule has 4 amide bonds. The van der Waals surface area contributed by atoms with Crippen molar-refractivity contribution in [2.45, 2.75) is 50.7 Å². The molecule has 2 fully saturated rings. The molecule has 2 N–H and O–H groups in total. The minimum atomic E-state index is -0.377. The molecule has 1 saturated heterocycles. The number of nitrogens with zero attached hydrogens (tertiary/aromatic N) is 1. The lowest BCUT2D eigenvalue weighted by molar-refractivity contribution is -0.139. The van der Waals surface area contributed by atoms with Gasteiger partial charge in [0.15, 0.2) is 0 Å². The molecule has 2 aliphatic rings. The van der Waals surface area contributed by atoms with Gasteiger partial charge < -0.3 is 10.6 Å². The molecule has 2 rings (SSSR count). The predicted molar refractivity (Wildman–Crippen MR) is 110 cm³/mol. The van der Waals surface area contributed by atoms with Crippen LogP contribution in [0, 0.1) is 11.8 Å². The summed E-state index contributed by atoms with van der Waals surface area (Å²) in [4.78, 5) is 49.7. The van der Waals surface area contributed by atoms with Gasteiger partial charge in [0.2, 0.25) is 23.6 Å². The fourth-order valence-corrected chi connectivity index (χ4v) is 4.84. The largest absolute Gasteiger partial charge is 0.359 e. The van der Waals surface area contributed by atoms with Crippen molar-refractivity contribution in [3.05, 3.63) is 12.2 Å². The highest BCUT2D eigenvalue weighted by molar-refractivity contribution is 8.00. The van der Waals surface area contributed by atoms with Crippen LogP contribution in [0.4, 0.5) is 0 Å². The normalized spacial score (nSPS) is 25.4. The van der Waals surface area contributed by atoms with Gasteiger partial charge in [-0.2, -0.15) is 0 Å². The van der Waals surface area contributed by atoms with E-state index in [0.29, 0.717) is 25.3 Å². The Morgan fingerprint density at radius 3 is 2.57 bits per heavy atom. The Morgan fingerprint density at radius 1 is 1.21 bits per heavy atom. The van der Waals surface area contributed by atoms with Crippen LogP contribution in [0.3, 0.4) is 0 Å². The van der Waals surface area contributed by atoms with Crippen LogP contribution in [0.5, 0.6) is 0 Å². The third kappa shape index (κ3) is 6.36. The molecular weight excluding hydrogens is 378 g/mol. The molecule has 0 aromatic carbocycles. The van der Waals surface area contributed by atoms with Crippen LogP contribution < -0.4 is 10.6 Å². The maximum atomic E-state index is 12.6. The SMILES string of the molecule is C/C=C/CNC(=O)CCSC1CC(=O)N(CC2CCC(C(=O)NC)CC2)C1=O. The lowest BCUT2D eigenvalue weighted by atomic mass is 9.81. The topological polar surface area (TPSA) is 95.6 Å². The molecule has 0 spiro atoms. The zero-order valence-electron chi connectivity index (χ0n) is 16.7. The second kappa shape index (κ2) is 11.2. The Kier molecular flexibility index (Phi) is 9.02. The van der Waals surface area contributed by atoms with E-state index in [1.165, 1.54) is 16.7 Å². The van der Waals surface area contributed by atoms with Crippen LogP contribution in [0.15, 0.2) is 12.2 Å². The summed E-state index contributed by atoms with van der Waals surface area (Å²) in [5.41, 5.74) is 0. The molecule has 156 valence electrons. The van der Waals surface area contributed by atoms with Crippen molar-refractivity contribution in [3.63, 3.8) is 0 Å². The summed E-state index contributed by atoms with van der Waals surface area (Å²) in [5, 5.41) is 5.09. The Labute approximate surface area is 171 Å². The molecule has 0 aromatic rings. The molecule has 1 aliphatic carbocycles. The molecule has 1 atom stereocenters. The van der Waals surface area contributed by atoms with Gasteiger partial charge in [0.05, 0.1) is 5.25 Å². The Balaban J connectivity index is 1.73. The summed E-state index contributed by atoms with van der Waals surface area (Å²) < 4.78 is 0. The van der Waals surface area contributed by atoms with Crippen molar-refractivity contribution in [1.82, 2.24) is 15.5 Å². The maximum Gasteiger partial charge on any atom is 0.242 e. The van der Waals surface area contributed by atoms with E-state index in [4.69, 9.17) is 0 Å². The van der Waals surface area contributed by atoms with Crippen LogP contribution in [-0.2, 0) is 19.2 Å². The number of hydrogen-bond donors (Lipinski definition) is 2. The number of hydrogen-bond acceptors (Lipinski definition) is 5. The number of allylic oxidation sites excluding steroid dienone is 1. The predicted octanol–water partition coefficient (Wildman–Crippen LogP) is 1.48. The summed E-state index contributed by atoms with van der Waals surface area (Å²) in [6.45, 7) is 2.86. The standard InChI is InChI=1S/C20H31N3O4S/c1-3-4-10-22-17(24)9-11-28-16-12-18(25)23(20(16)27)13-14-5-7-15(8-6-14)19(26)21-2/h3-4,14-16H,5-13H2,1-2H3,(H,21,26)(H,22,24)/b4-3+. The quantitative estimate of drug-likeness (QED) is 0.444. The average Bonchev–Trinajstić information content (AvgIpc) is 2.95. The number of likely N-dealkylation sites (tertiary alicyclic amines) is 1. The molecule has 1 aliphatic heterocycles. The highest BCUT2D eigenvalue weighted by Crippen LogP contribution is 2.32. The number of nitrogens with one attached hydrogen (secondary N) is 2. The lowest BCUT2D eigenvalue weighted by Crippen LogP contribution is -2.38. The first-order valence-corrected chi connectivity index (χ1v) is 11.1. The van der Waals surface area contributed by atoms with E-state index in [-0.39, 0.29) is 47.1 Å². The molecule has 0 radical (unpaired) electrons. The summed E-state index contributed by atoms with van der Waals surface area (Å²) in [6, 6.07) is 0. The maximum absolute atomic E-state index is 12.6. The van der Waals surface area contributed by atoms with Crippen LogP contribution in [-0.4, -0.2) is 59.7 Å². The molecular formula is C20H31N3O4S. The van der Waals surface area contributed by atoms with E-state index in [9.17, 15) is 19.2 Å². The molecule has 28 heavy (non-hydrogen) atoms. The second-order valence-electron chi connectivity index (χ2n) is 7.36. The average molecular weight is 410 g/mol. The van der Waals surface area contributed by atoms with E-state index in [1.54, 1.807) is 7.05 Å². The summed E-state index contributed by atoms with van der Waals surface area (Å²) >= 11 is 1.39. The van der Waals surface area contributed by atoms with Gasteiger partial charge in [0.25, 0.3) is 0 Å². The number of rotatable bonds is 9. The van der Waals surface area contributed by atoms with Crippen molar-refractivity contribution < 1.29 is 19.2 Å². The van der Waals surface area contributed by atoms with E-state index < -0.39 is 0 Å². The van der Waals surface area contributed by atoms with E-state index in [1.807, 2.05) is 19.1 Å². The first-order valence-electron chi connectivity index (χ1n) is 10.0. The minimum absolute atomic E-state index is 0.0490. The van der Waals surface area contributed by atoms with Crippen LogP contribution in [0.1, 0.15) is 45.4 Å². The van der Waals surface area contributed by atoms with Crippen LogP contribution in [0.2, 0.25) is 0 Å². The minimum Gasteiger partial charge on any atom is -0.359 e. The van der Waals surface area contributed by atoms with Gasteiger partial charge in [-0.1, -0.05) is 12.2 Å². The number of amides is 4. The number of thioether (sulfide) groups is 1. The fraction of sp³-hybridized carbons (Fsp3) is 0.700. The van der Waals surface area contributed by atoms with Gasteiger partial charge in [-0.3, -0.25) is 24.1 Å². The molecule has 1 unspecified atom stereocenters. The number of imide groups is 1. The van der Waals surface area contributed by atoms with Gasteiger partial charge in [-0.15, -0.1) is 11.8 Å². The van der Waals surface area contributed by atoms with Crippen molar-refractivity contribution in [1.29, 1.82) is 0 Å². The Hall–Kier alpha value is -1.83. The fourth-order valence-electron chi connectivity index (χ4n) is 3.72. The van der Waals surface area contributed by atoms with Crippen molar-refractivity contribution >= 4 is 35.4 Å². The zero-order valence-corrected chi connectivity index (χ0v) is 17.6. The van der Waals surface area contributed by atoms with Gasteiger partial charge in [0.1, 0.15) is 0 Å². The van der Waals surface area contributed by atoms with Crippen LogP contribution >= 0.6 is 11.8 Å². The van der Waals surface area contributed by atoms with Gasteiger partial charge >= 0.3 is 0 Å². The molecule has 1 heterocycles. The lowest BCUT2D eigenvalue weighted by Gasteiger charge is -2.29. The first kappa shape index (κ1) is 22.5. The van der Waals surface area contributed by atoms with E-state index in [0.717, 1.165) is 25.7 Å². The van der Waals surface area contributed by atoms with Gasteiger partial charge in [-0.25, -0.2) is 0 Å². The van der Waals surface area contributed by atoms with Crippen molar-refractivity contribution in [3.8, 4) is 0 Å². The third-order valence-corrected chi connectivity index (χ3v) is 6.62. The first-order chi connectivity index (χ1) is 13.5. The monoisotopic (exact) mass is 409 g/mol. The van der Waals surface area contributed by atoms with Crippen molar-refractivity contribution in [2.75, 3.05) is 25.9 Å². The molecule has 0 bridgehead atoms. The van der Waals surface area contributed by atoms with E-state index in [2.05, 4.69) is 10.6 Å². The summed E-state index contributed by atoms with van der Waals surface area (Å²) in [6.07, 6.45) is 7.63. The highest BCUT2D eigenvalue weighted by atomic mass is 32.2. The highest BCUT2D eigenvalue weighted by Gasteiger charge is 2.40. The van der Waals surface area contributed by atoms with Crippen LogP contribution in [0.25, 0.3) is 0 Å². The molecule has 8 heteroatoms. The Morgan fingerprint density at radius 2 is 1.93 bits per heavy atom. The summed E-state index contributed by atoms with van der Waals surface area (Å²) in [5.74, 6) is 0.635. The molecule has 0 aromatic heterocycles. The summed E-state index contributed by atoms with van der Waals surface area (Å²) in [7, 11) is 1.65. The number of carbonyl (C=O) groups excluding carboxylic acids is 4. The van der Waals surface area contributed by atoms with E-state index >= 15 is 0 Å². The Bertz CT molecular complexity index is 615. The van der Waals surface area contributed by atoms with Gasteiger partial charge in [-0.05, 0) is 38.5 Å². The zero-order chi connectivity index (χ0) is 20.5. The number of carbonyl (C=O) groups is 4. The molecule has 7 nitrogen and oxygen atoms in total. The third-order valence-electron chi connectivity index (χ3n) is 5.41. The van der Waals surface area contributed by atoms with Gasteiger partial charge in [0, 0.05) is 44.6 Å². The smallest absolute Gasteiger partial charge is 0.242 e.